The Balaban J connectivity index is 0.00000363. The van der Waals surface area contributed by atoms with Crippen LogP contribution >= 0.6 is 24.0 Å². The Hall–Kier alpha value is -2.07. The Morgan fingerprint density at radius 3 is 2.56 bits per heavy atom. The molecule has 0 spiro atoms. The molecule has 0 bridgehead atoms. The number of furan rings is 1. The fourth-order valence-corrected chi connectivity index (χ4v) is 3.75. The topological polar surface area (TPSA) is 81.9 Å². The maximum atomic E-state index is 12.1. The molecule has 1 saturated heterocycles. The van der Waals surface area contributed by atoms with Gasteiger partial charge in [-0.2, -0.15) is 0 Å². The normalized spacial score (nSPS) is 15.1. The first-order valence-corrected chi connectivity index (χ1v) is 11.3. The predicted octanol–water partition coefficient (Wildman–Crippen LogP) is 3.55. The predicted molar refractivity (Wildman–Crippen MR) is 140 cm³/mol. The number of guanidine groups is 1. The summed E-state index contributed by atoms with van der Waals surface area (Å²) in [5.74, 6) is 1.08. The molecule has 8 heteroatoms. The first kappa shape index (κ1) is 26.2. The number of likely N-dealkylation sites (tertiary alicyclic amines) is 1. The zero-order valence-electron chi connectivity index (χ0n) is 19.1. The van der Waals surface area contributed by atoms with Crippen LogP contribution in [0.5, 0.6) is 0 Å². The fraction of sp³-hybridized carbons (Fsp3) is 0.500. The van der Waals surface area contributed by atoms with E-state index in [0.29, 0.717) is 24.9 Å². The summed E-state index contributed by atoms with van der Waals surface area (Å²) in [4.78, 5) is 19.3. The van der Waals surface area contributed by atoms with Crippen LogP contribution in [0.1, 0.15) is 47.9 Å². The highest BCUT2D eigenvalue weighted by Crippen LogP contribution is 2.14. The third-order valence-corrected chi connectivity index (χ3v) is 5.48. The van der Waals surface area contributed by atoms with Crippen LogP contribution in [0.15, 0.2) is 52.1 Å². The summed E-state index contributed by atoms with van der Waals surface area (Å²) in [7, 11) is 0. The van der Waals surface area contributed by atoms with Crippen molar-refractivity contribution in [3.8, 4) is 0 Å². The summed E-state index contributed by atoms with van der Waals surface area (Å²) in [6, 6.07) is 12.9. The molecule has 1 aromatic carbocycles. The van der Waals surface area contributed by atoms with E-state index in [1.165, 1.54) is 11.8 Å². The van der Waals surface area contributed by atoms with Crippen LogP contribution in [-0.4, -0.2) is 55.5 Å². The van der Waals surface area contributed by atoms with Crippen molar-refractivity contribution in [2.24, 2.45) is 4.99 Å². The van der Waals surface area contributed by atoms with Crippen LogP contribution in [0.4, 0.5) is 0 Å². The van der Waals surface area contributed by atoms with Gasteiger partial charge in [0.1, 0.15) is 0 Å². The van der Waals surface area contributed by atoms with E-state index in [2.05, 4.69) is 63.1 Å². The molecule has 1 aliphatic rings. The molecule has 0 atom stereocenters. The van der Waals surface area contributed by atoms with Gasteiger partial charge in [-0.25, -0.2) is 0 Å². The summed E-state index contributed by atoms with van der Waals surface area (Å²) in [5.41, 5.74) is 2.22. The van der Waals surface area contributed by atoms with E-state index in [-0.39, 0.29) is 29.9 Å². The van der Waals surface area contributed by atoms with E-state index in [9.17, 15) is 4.79 Å². The van der Waals surface area contributed by atoms with Crippen LogP contribution in [0.25, 0.3) is 0 Å². The van der Waals surface area contributed by atoms with Crippen LogP contribution < -0.4 is 16.0 Å². The third-order valence-electron chi connectivity index (χ3n) is 5.48. The number of carbonyl (C=O) groups is 1. The Labute approximate surface area is 208 Å². The molecule has 1 amide bonds. The highest BCUT2D eigenvalue weighted by molar-refractivity contribution is 14.0. The van der Waals surface area contributed by atoms with Gasteiger partial charge in [-0.15, -0.1) is 24.0 Å². The van der Waals surface area contributed by atoms with E-state index in [4.69, 9.17) is 4.42 Å². The Kier molecular flexibility index (Phi) is 11.6. The second-order valence-electron chi connectivity index (χ2n) is 7.98. The molecule has 0 radical (unpaired) electrons. The minimum atomic E-state index is -0.168. The minimum Gasteiger partial charge on any atom is -0.459 e. The first-order valence-electron chi connectivity index (χ1n) is 11.3. The van der Waals surface area contributed by atoms with Gasteiger partial charge >= 0.3 is 0 Å². The van der Waals surface area contributed by atoms with Gasteiger partial charge in [0.25, 0.3) is 5.91 Å². The maximum absolute atomic E-state index is 12.1. The van der Waals surface area contributed by atoms with Crippen molar-refractivity contribution in [3.05, 3.63) is 59.5 Å². The molecule has 32 heavy (non-hydrogen) atoms. The van der Waals surface area contributed by atoms with Crippen LogP contribution in [0.3, 0.4) is 0 Å². The number of aliphatic imine (C=N–C) groups is 1. The van der Waals surface area contributed by atoms with Gasteiger partial charge in [0.15, 0.2) is 11.7 Å². The summed E-state index contributed by atoms with van der Waals surface area (Å²) in [5, 5.41) is 9.80. The molecule has 3 N–H and O–H groups in total. The van der Waals surface area contributed by atoms with E-state index in [1.54, 1.807) is 6.07 Å². The van der Waals surface area contributed by atoms with Crippen LogP contribution in [0.2, 0.25) is 0 Å². The lowest BCUT2D eigenvalue weighted by atomic mass is 10.0. The van der Waals surface area contributed by atoms with Gasteiger partial charge in [0, 0.05) is 50.9 Å². The number of amides is 1. The van der Waals surface area contributed by atoms with E-state index in [1.807, 2.05) is 6.92 Å². The van der Waals surface area contributed by atoms with E-state index < -0.39 is 0 Å². The lowest BCUT2D eigenvalue weighted by Crippen LogP contribution is -2.48. The molecule has 1 aliphatic heterocycles. The fourth-order valence-electron chi connectivity index (χ4n) is 3.75. The summed E-state index contributed by atoms with van der Waals surface area (Å²) >= 11 is 0. The van der Waals surface area contributed by atoms with Crippen molar-refractivity contribution in [2.75, 3.05) is 32.7 Å². The molecule has 2 heterocycles. The van der Waals surface area contributed by atoms with E-state index in [0.717, 1.165) is 57.0 Å². The van der Waals surface area contributed by atoms with E-state index >= 15 is 0 Å². The highest BCUT2D eigenvalue weighted by atomic mass is 127. The van der Waals surface area contributed by atoms with Gasteiger partial charge in [-0.05, 0) is 44.7 Å². The molecule has 7 nitrogen and oxygen atoms in total. The quantitative estimate of drug-likeness (QED) is 0.192. The molecule has 0 aliphatic carbocycles. The maximum Gasteiger partial charge on any atom is 0.287 e. The van der Waals surface area contributed by atoms with Crippen LogP contribution in [-0.2, 0) is 6.54 Å². The summed E-state index contributed by atoms with van der Waals surface area (Å²) in [6.45, 7) is 9.18. The van der Waals surface area contributed by atoms with Gasteiger partial charge < -0.3 is 20.4 Å². The largest absolute Gasteiger partial charge is 0.459 e. The van der Waals surface area contributed by atoms with Crippen molar-refractivity contribution in [2.45, 2.75) is 45.7 Å². The Bertz CT molecular complexity index is 832. The number of halogens is 1. The lowest BCUT2D eigenvalue weighted by molar-refractivity contribution is 0.0925. The number of benzene rings is 1. The third kappa shape index (κ3) is 8.46. The number of aryl methyl sites for hydroxylation is 1. The molecule has 2 aromatic rings. The molecule has 176 valence electrons. The SMILES string of the molecule is CCNC(=NCCCNC(=O)c1occc1C)NC1CCN(Cc2ccccc2)CC1.I. The molecule has 1 aromatic heterocycles. The molecule has 3 rings (SSSR count). The average molecular weight is 553 g/mol. The van der Waals surface area contributed by atoms with Gasteiger partial charge in [0.2, 0.25) is 0 Å². The number of nitrogens with zero attached hydrogens (tertiary/aromatic N) is 2. The van der Waals surface area contributed by atoms with Crippen LogP contribution in [0, 0.1) is 6.92 Å². The first-order chi connectivity index (χ1) is 15.2. The number of nitrogens with one attached hydrogen (secondary N) is 3. The second-order valence-corrected chi connectivity index (χ2v) is 7.98. The van der Waals surface area contributed by atoms with Gasteiger partial charge in [-0.3, -0.25) is 14.7 Å². The van der Waals surface area contributed by atoms with Gasteiger partial charge in [-0.1, -0.05) is 30.3 Å². The molecular weight excluding hydrogens is 517 g/mol. The smallest absolute Gasteiger partial charge is 0.287 e. The minimum absolute atomic E-state index is 0. The van der Waals surface area contributed by atoms with Crippen molar-refractivity contribution in [1.82, 2.24) is 20.9 Å². The molecule has 0 saturated carbocycles. The summed E-state index contributed by atoms with van der Waals surface area (Å²) < 4.78 is 5.22. The summed E-state index contributed by atoms with van der Waals surface area (Å²) in [6.07, 6.45) is 4.53. The van der Waals surface area contributed by atoms with Gasteiger partial charge in [0.05, 0.1) is 6.26 Å². The lowest BCUT2D eigenvalue weighted by Gasteiger charge is -2.33. The number of hydrogen-bond donors (Lipinski definition) is 3. The number of piperidine rings is 1. The molecule has 0 unspecified atom stereocenters. The monoisotopic (exact) mass is 553 g/mol. The second kappa shape index (κ2) is 14.2. The number of rotatable bonds is 9. The Morgan fingerprint density at radius 2 is 1.91 bits per heavy atom. The van der Waals surface area contributed by atoms with Crippen molar-refractivity contribution in [1.29, 1.82) is 0 Å². The van der Waals surface area contributed by atoms with Crippen molar-refractivity contribution >= 4 is 35.8 Å². The number of carbonyl (C=O) groups excluding carboxylic acids is 1. The Morgan fingerprint density at radius 1 is 1.16 bits per heavy atom. The average Bonchev–Trinajstić information content (AvgIpc) is 3.21. The highest BCUT2D eigenvalue weighted by Gasteiger charge is 2.20. The standard InChI is InChI=1S/C24H35N5O2.HI/c1-3-25-24(27-14-7-13-26-23(30)22-19(2)12-17-31-22)28-21-10-15-29(16-11-21)18-20-8-5-4-6-9-20;/h4-6,8-9,12,17,21H,3,7,10-11,13-16,18H2,1-2H3,(H,26,30)(H2,25,27,28);1H. The van der Waals surface area contributed by atoms with Crippen molar-refractivity contribution in [3.63, 3.8) is 0 Å². The number of hydrogen-bond acceptors (Lipinski definition) is 4. The molecular formula is C24H36IN5O2. The van der Waals surface area contributed by atoms with Crippen molar-refractivity contribution < 1.29 is 9.21 Å². The zero-order chi connectivity index (χ0) is 21.9. The zero-order valence-corrected chi connectivity index (χ0v) is 21.4. The molecule has 1 fully saturated rings.